The van der Waals surface area contributed by atoms with Crippen LogP contribution < -0.4 is 4.90 Å². The number of sulfonamides is 1. The van der Waals surface area contributed by atoms with Gasteiger partial charge in [-0.15, -0.1) is 10.2 Å². The van der Waals surface area contributed by atoms with Crippen LogP contribution in [0.25, 0.3) is 11.4 Å². The molecular weight excluding hydrogens is 374 g/mol. The first-order valence-corrected chi connectivity index (χ1v) is 10.7. The molecule has 0 N–H and O–H groups in total. The summed E-state index contributed by atoms with van der Waals surface area (Å²) in [7, 11) is -3.32. The van der Waals surface area contributed by atoms with Gasteiger partial charge in [0, 0.05) is 32.4 Å². The molecule has 1 aliphatic heterocycles. The summed E-state index contributed by atoms with van der Waals surface area (Å²) in [5, 5.41) is 8.56. The van der Waals surface area contributed by atoms with Gasteiger partial charge in [-0.2, -0.15) is 4.31 Å². The number of benzene rings is 1. The fourth-order valence-corrected chi connectivity index (χ4v) is 4.73. The van der Waals surface area contributed by atoms with Gasteiger partial charge in [-0.25, -0.2) is 8.42 Å². The molecule has 2 aromatic heterocycles. The standard InChI is InChI=1S/C20H21N5O2S/c26-28(27,16-17-6-2-1-3-7-17)25-14-12-24(13-15-25)20-10-9-19(22-23-20)18-8-4-5-11-21-18/h1-11H,12-16H2. The highest BCUT2D eigenvalue weighted by atomic mass is 32.2. The SMILES string of the molecule is O=S(=O)(Cc1ccccc1)N1CCN(c2ccc(-c3ccccn3)nn2)CC1. The minimum atomic E-state index is -3.32. The number of aromatic nitrogens is 3. The Hall–Kier alpha value is -2.84. The van der Waals surface area contributed by atoms with E-state index in [1.54, 1.807) is 10.5 Å². The first-order chi connectivity index (χ1) is 13.6. The Kier molecular flexibility index (Phi) is 5.31. The molecule has 144 valence electrons. The Balaban J connectivity index is 1.39. The summed E-state index contributed by atoms with van der Waals surface area (Å²) >= 11 is 0. The third-order valence-corrected chi connectivity index (χ3v) is 6.58. The van der Waals surface area contributed by atoms with Crippen LogP contribution in [0.15, 0.2) is 66.9 Å². The summed E-state index contributed by atoms with van der Waals surface area (Å²) in [6.45, 7) is 2.06. The van der Waals surface area contributed by atoms with Crippen LogP contribution in [0.4, 0.5) is 5.82 Å². The fraction of sp³-hybridized carbons (Fsp3) is 0.250. The fourth-order valence-electron chi connectivity index (χ4n) is 3.22. The maximum atomic E-state index is 12.7. The van der Waals surface area contributed by atoms with Crippen LogP contribution in [-0.2, 0) is 15.8 Å². The average Bonchev–Trinajstić information content (AvgIpc) is 2.75. The second kappa shape index (κ2) is 8.04. The minimum absolute atomic E-state index is 0.0341. The summed E-state index contributed by atoms with van der Waals surface area (Å²) in [5.74, 6) is 0.784. The minimum Gasteiger partial charge on any atom is -0.352 e. The van der Waals surface area contributed by atoms with Crippen molar-refractivity contribution in [3.63, 3.8) is 0 Å². The van der Waals surface area contributed by atoms with E-state index in [0.717, 1.165) is 17.1 Å². The second-order valence-corrected chi connectivity index (χ2v) is 8.59. The van der Waals surface area contributed by atoms with Gasteiger partial charge in [0.15, 0.2) is 5.82 Å². The van der Waals surface area contributed by atoms with E-state index in [-0.39, 0.29) is 5.75 Å². The van der Waals surface area contributed by atoms with E-state index in [0.29, 0.717) is 31.9 Å². The lowest BCUT2D eigenvalue weighted by Gasteiger charge is -2.34. The van der Waals surface area contributed by atoms with E-state index in [1.807, 2.05) is 60.7 Å². The van der Waals surface area contributed by atoms with Crippen LogP contribution in [0.2, 0.25) is 0 Å². The van der Waals surface area contributed by atoms with Crippen molar-refractivity contribution in [1.82, 2.24) is 19.5 Å². The lowest BCUT2D eigenvalue weighted by Crippen LogP contribution is -2.49. The second-order valence-electron chi connectivity index (χ2n) is 6.62. The molecule has 0 saturated carbocycles. The van der Waals surface area contributed by atoms with Crippen molar-refractivity contribution in [3.8, 4) is 11.4 Å². The highest BCUT2D eigenvalue weighted by Gasteiger charge is 2.27. The highest BCUT2D eigenvalue weighted by molar-refractivity contribution is 7.88. The van der Waals surface area contributed by atoms with Crippen LogP contribution >= 0.6 is 0 Å². The molecule has 0 bridgehead atoms. The first-order valence-electron chi connectivity index (χ1n) is 9.14. The maximum Gasteiger partial charge on any atom is 0.218 e. The summed E-state index contributed by atoms with van der Waals surface area (Å²) in [5.41, 5.74) is 2.30. The Morgan fingerprint density at radius 1 is 0.786 bits per heavy atom. The van der Waals surface area contributed by atoms with Gasteiger partial charge in [0.2, 0.25) is 10.0 Å². The normalized spacial score (nSPS) is 15.5. The topological polar surface area (TPSA) is 79.3 Å². The Labute approximate surface area is 164 Å². The largest absolute Gasteiger partial charge is 0.352 e. The first kappa shape index (κ1) is 18.5. The number of hydrogen-bond donors (Lipinski definition) is 0. The molecule has 0 unspecified atom stereocenters. The molecule has 28 heavy (non-hydrogen) atoms. The van der Waals surface area contributed by atoms with Crippen molar-refractivity contribution in [2.24, 2.45) is 0 Å². The molecule has 8 heteroatoms. The zero-order valence-corrected chi connectivity index (χ0v) is 16.2. The van der Waals surface area contributed by atoms with Crippen LogP contribution in [0, 0.1) is 0 Å². The third kappa shape index (κ3) is 4.18. The van der Waals surface area contributed by atoms with Crippen molar-refractivity contribution in [2.45, 2.75) is 5.75 Å². The van der Waals surface area contributed by atoms with Crippen molar-refractivity contribution in [1.29, 1.82) is 0 Å². The summed E-state index contributed by atoms with van der Waals surface area (Å²) in [6.07, 6.45) is 1.72. The average molecular weight is 395 g/mol. The van der Waals surface area contributed by atoms with Gasteiger partial charge in [-0.3, -0.25) is 4.98 Å². The molecule has 1 saturated heterocycles. The smallest absolute Gasteiger partial charge is 0.218 e. The van der Waals surface area contributed by atoms with E-state index in [2.05, 4.69) is 20.1 Å². The van der Waals surface area contributed by atoms with Crippen molar-refractivity contribution in [2.75, 3.05) is 31.1 Å². The van der Waals surface area contributed by atoms with E-state index in [9.17, 15) is 8.42 Å². The van der Waals surface area contributed by atoms with Gasteiger partial charge in [0.25, 0.3) is 0 Å². The molecule has 3 heterocycles. The zero-order valence-electron chi connectivity index (χ0n) is 15.3. The highest BCUT2D eigenvalue weighted by Crippen LogP contribution is 2.19. The monoisotopic (exact) mass is 395 g/mol. The zero-order chi connectivity index (χ0) is 19.4. The molecule has 1 fully saturated rings. The van der Waals surface area contributed by atoms with Gasteiger partial charge in [0.05, 0.1) is 11.4 Å². The molecule has 3 aromatic rings. The molecule has 1 aromatic carbocycles. The van der Waals surface area contributed by atoms with Crippen LogP contribution in [0.3, 0.4) is 0 Å². The van der Waals surface area contributed by atoms with E-state index < -0.39 is 10.0 Å². The molecule has 0 aliphatic carbocycles. The summed E-state index contributed by atoms with van der Waals surface area (Å²) in [6, 6.07) is 18.7. The summed E-state index contributed by atoms with van der Waals surface area (Å²) in [4.78, 5) is 6.33. The number of piperazine rings is 1. The van der Waals surface area contributed by atoms with Crippen LogP contribution in [0.5, 0.6) is 0 Å². The molecule has 0 atom stereocenters. The quantitative estimate of drug-likeness (QED) is 0.659. The van der Waals surface area contributed by atoms with E-state index in [1.165, 1.54) is 0 Å². The van der Waals surface area contributed by atoms with Crippen molar-refractivity contribution < 1.29 is 8.42 Å². The molecule has 0 radical (unpaired) electrons. The molecule has 1 aliphatic rings. The van der Waals surface area contributed by atoms with Gasteiger partial charge >= 0.3 is 0 Å². The van der Waals surface area contributed by atoms with Crippen LogP contribution in [-0.4, -0.2) is 54.1 Å². The molecular formula is C20H21N5O2S. The number of nitrogens with zero attached hydrogens (tertiary/aromatic N) is 5. The van der Waals surface area contributed by atoms with E-state index in [4.69, 9.17) is 0 Å². The number of hydrogen-bond acceptors (Lipinski definition) is 6. The molecule has 7 nitrogen and oxygen atoms in total. The molecule has 0 spiro atoms. The van der Waals surface area contributed by atoms with Gasteiger partial charge in [-0.1, -0.05) is 36.4 Å². The Bertz CT molecular complexity index is 1000. The molecule has 0 amide bonds. The third-order valence-electron chi connectivity index (χ3n) is 4.73. The molecule has 4 rings (SSSR count). The lowest BCUT2D eigenvalue weighted by atomic mass is 10.2. The lowest BCUT2D eigenvalue weighted by molar-refractivity contribution is 0.383. The van der Waals surface area contributed by atoms with Crippen LogP contribution in [0.1, 0.15) is 5.56 Å². The van der Waals surface area contributed by atoms with Gasteiger partial charge in [0.1, 0.15) is 5.69 Å². The number of pyridine rings is 1. The van der Waals surface area contributed by atoms with Crippen molar-refractivity contribution in [3.05, 3.63) is 72.4 Å². The van der Waals surface area contributed by atoms with Gasteiger partial charge in [-0.05, 0) is 29.8 Å². The summed E-state index contributed by atoms with van der Waals surface area (Å²) < 4.78 is 26.9. The predicted octanol–water partition coefficient (Wildman–Crippen LogP) is 2.19. The maximum absolute atomic E-state index is 12.7. The Morgan fingerprint density at radius 2 is 1.54 bits per heavy atom. The van der Waals surface area contributed by atoms with E-state index >= 15 is 0 Å². The number of rotatable bonds is 5. The van der Waals surface area contributed by atoms with Crippen molar-refractivity contribution >= 4 is 15.8 Å². The number of anilines is 1. The predicted molar refractivity (Wildman–Crippen MR) is 108 cm³/mol. The Morgan fingerprint density at radius 3 is 2.18 bits per heavy atom. The van der Waals surface area contributed by atoms with Gasteiger partial charge < -0.3 is 4.90 Å².